The predicted molar refractivity (Wildman–Crippen MR) is 87.7 cm³/mol. The van der Waals surface area contributed by atoms with Gasteiger partial charge in [-0.3, -0.25) is 9.59 Å². The molecule has 1 saturated carbocycles. The van der Waals surface area contributed by atoms with Crippen LogP contribution in [0.25, 0.3) is 0 Å². The fourth-order valence-electron chi connectivity index (χ4n) is 1.87. The van der Waals surface area contributed by atoms with Gasteiger partial charge in [-0.1, -0.05) is 12.1 Å². The van der Waals surface area contributed by atoms with Crippen LogP contribution in [-0.2, 0) is 9.53 Å². The highest BCUT2D eigenvalue weighted by Gasteiger charge is 2.30. The second-order valence-corrected chi connectivity index (χ2v) is 5.42. The average Bonchev–Trinajstić information content (AvgIpc) is 3.32. The van der Waals surface area contributed by atoms with Crippen molar-refractivity contribution >= 4 is 34.8 Å². The Morgan fingerprint density at radius 1 is 1.32 bits per heavy atom. The van der Waals surface area contributed by atoms with Crippen molar-refractivity contribution in [2.24, 2.45) is 5.92 Å². The van der Waals surface area contributed by atoms with E-state index in [9.17, 15) is 9.59 Å². The third-order valence-electron chi connectivity index (χ3n) is 3.20. The number of methoxy groups -OCH3 is 1. The van der Waals surface area contributed by atoms with Gasteiger partial charge in [-0.05, 0) is 37.2 Å². The maximum Gasteiger partial charge on any atom is 0.253 e. The van der Waals surface area contributed by atoms with Crippen LogP contribution in [0.3, 0.4) is 0 Å². The Bertz CT molecular complexity index is 573. The van der Waals surface area contributed by atoms with Crippen molar-refractivity contribution in [2.75, 3.05) is 25.6 Å². The predicted octanol–water partition coefficient (Wildman–Crippen LogP) is 1.29. The zero-order valence-electron chi connectivity index (χ0n) is 12.3. The molecule has 22 heavy (non-hydrogen) atoms. The minimum Gasteiger partial charge on any atom is -0.383 e. The standard InChI is InChI=1S/C15H19N3O3S/c1-21-9-8-16-14(20)11-4-2-3-5-12(11)17-15(22)18-13(19)10-6-7-10/h2-5,10H,6-9H2,1H3,(H,16,20)(H2,17,18,19,22). The number of carbonyl (C=O) groups excluding carboxylic acids is 2. The van der Waals surface area contributed by atoms with Gasteiger partial charge in [-0.2, -0.15) is 0 Å². The topological polar surface area (TPSA) is 79.5 Å². The third kappa shape index (κ3) is 4.78. The second-order valence-electron chi connectivity index (χ2n) is 5.01. The Balaban J connectivity index is 1.96. The molecule has 0 radical (unpaired) electrons. The van der Waals surface area contributed by atoms with E-state index in [1.807, 2.05) is 0 Å². The molecule has 7 heteroatoms. The van der Waals surface area contributed by atoms with Gasteiger partial charge in [0, 0.05) is 19.6 Å². The molecule has 1 aliphatic carbocycles. The molecule has 1 aromatic carbocycles. The van der Waals surface area contributed by atoms with E-state index >= 15 is 0 Å². The zero-order chi connectivity index (χ0) is 15.9. The van der Waals surface area contributed by atoms with Crippen molar-refractivity contribution in [3.63, 3.8) is 0 Å². The number of para-hydroxylation sites is 1. The summed E-state index contributed by atoms with van der Waals surface area (Å²) in [4.78, 5) is 23.8. The molecule has 0 bridgehead atoms. The van der Waals surface area contributed by atoms with Crippen LogP contribution in [0, 0.1) is 5.92 Å². The van der Waals surface area contributed by atoms with Crippen LogP contribution >= 0.6 is 12.2 Å². The molecule has 0 spiro atoms. The number of thiocarbonyl (C=S) groups is 1. The number of nitrogens with one attached hydrogen (secondary N) is 3. The summed E-state index contributed by atoms with van der Waals surface area (Å²) in [5, 5.41) is 8.49. The Morgan fingerprint density at radius 2 is 2.05 bits per heavy atom. The quantitative estimate of drug-likeness (QED) is 0.543. The lowest BCUT2D eigenvalue weighted by Crippen LogP contribution is -2.36. The smallest absolute Gasteiger partial charge is 0.253 e. The molecule has 2 rings (SSSR count). The minimum absolute atomic E-state index is 0.0699. The SMILES string of the molecule is COCCNC(=O)c1ccccc1NC(=S)NC(=O)C1CC1. The second kappa shape index (κ2) is 7.86. The van der Waals surface area contributed by atoms with Crippen molar-refractivity contribution in [3.05, 3.63) is 29.8 Å². The summed E-state index contributed by atoms with van der Waals surface area (Å²) in [7, 11) is 1.57. The monoisotopic (exact) mass is 321 g/mol. The molecule has 2 amide bonds. The van der Waals surface area contributed by atoms with E-state index in [0.29, 0.717) is 24.4 Å². The van der Waals surface area contributed by atoms with Crippen molar-refractivity contribution in [2.45, 2.75) is 12.8 Å². The Kier molecular flexibility index (Phi) is 5.85. The van der Waals surface area contributed by atoms with Gasteiger partial charge in [0.05, 0.1) is 17.9 Å². The van der Waals surface area contributed by atoms with E-state index in [1.54, 1.807) is 31.4 Å². The number of anilines is 1. The first-order valence-electron chi connectivity index (χ1n) is 7.10. The number of hydrogen-bond acceptors (Lipinski definition) is 4. The molecule has 0 saturated heterocycles. The van der Waals surface area contributed by atoms with Crippen LogP contribution in [0.2, 0.25) is 0 Å². The van der Waals surface area contributed by atoms with E-state index in [1.165, 1.54) is 0 Å². The van der Waals surface area contributed by atoms with E-state index in [-0.39, 0.29) is 22.8 Å². The Hall–Kier alpha value is -1.99. The van der Waals surface area contributed by atoms with Gasteiger partial charge in [0.1, 0.15) is 0 Å². The largest absolute Gasteiger partial charge is 0.383 e. The highest BCUT2D eigenvalue weighted by atomic mass is 32.1. The normalized spacial score (nSPS) is 13.3. The highest BCUT2D eigenvalue weighted by molar-refractivity contribution is 7.80. The summed E-state index contributed by atoms with van der Waals surface area (Å²) in [6.45, 7) is 0.865. The van der Waals surface area contributed by atoms with E-state index in [0.717, 1.165) is 12.8 Å². The summed E-state index contributed by atoms with van der Waals surface area (Å²) < 4.78 is 4.90. The number of carbonyl (C=O) groups is 2. The van der Waals surface area contributed by atoms with Crippen molar-refractivity contribution in [1.82, 2.24) is 10.6 Å². The highest BCUT2D eigenvalue weighted by Crippen LogP contribution is 2.28. The van der Waals surface area contributed by atoms with Gasteiger partial charge in [0.15, 0.2) is 5.11 Å². The van der Waals surface area contributed by atoms with Crippen molar-refractivity contribution < 1.29 is 14.3 Å². The Labute approximate surface area is 134 Å². The molecular formula is C15H19N3O3S. The maximum atomic E-state index is 12.1. The molecule has 0 aromatic heterocycles. The number of amides is 2. The average molecular weight is 321 g/mol. The van der Waals surface area contributed by atoms with Gasteiger partial charge in [0.2, 0.25) is 5.91 Å². The number of hydrogen-bond donors (Lipinski definition) is 3. The summed E-state index contributed by atoms with van der Waals surface area (Å²) >= 11 is 5.12. The van der Waals surface area contributed by atoms with Crippen LogP contribution in [0.4, 0.5) is 5.69 Å². The lowest BCUT2D eigenvalue weighted by Gasteiger charge is -2.13. The summed E-state index contributed by atoms with van der Waals surface area (Å²) in [5.74, 6) is -0.219. The third-order valence-corrected chi connectivity index (χ3v) is 3.40. The first-order chi connectivity index (χ1) is 10.6. The van der Waals surface area contributed by atoms with Crippen LogP contribution in [0.5, 0.6) is 0 Å². The number of ether oxygens (including phenoxy) is 1. The van der Waals surface area contributed by atoms with Crippen LogP contribution in [0.1, 0.15) is 23.2 Å². The van der Waals surface area contributed by atoms with Crippen molar-refractivity contribution in [1.29, 1.82) is 0 Å². The van der Waals surface area contributed by atoms with Crippen LogP contribution in [0.15, 0.2) is 24.3 Å². The van der Waals surface area contributed by atoms with E-state index < -0.39 is 0 Å². The van der Waals surface area contributed by atoms with Gasteiger partial charge < -0.3 is 20.7 Å². The molecular weight excluding hydrogens is 302 g/mol. The number of benzene rings is 1. The van der Waals surface area contributed by atoms with Gasteiger partial charge >= 0.3 is 0 Å². The van der Waals surface area contributed by atoms with Crippen LogP contribution in [-0.4, -0.2) is 37.2 Å². The molecule has 1 aromatic rings. The first kappa shape index (κ1) is 16.4. The molecule has 118 valence electrons. The van der Waals surface area contributed by atoms with Crippen LogP contribution < -0.4 is 16.0 Å². The Morgan fingerprint density at radius 3 is 2.73 bits per heavy atom. The molecule has 0 unspecified atom stereocenters. The lowest BCUT2D eigenvalue weighted by atomic mass is 10.1. The molecule has 0 aliphatic heterocycles. The van der Waals surface area contributed by atoms with Crippen molar-refractivity contribution in [3.8, 4) is 0 Å². The fraction of sp³-hybridized carbons (Fsp3) is 0.400. The zero-order valence-corrected chi connectivity index (χ0v) is 13.2. The van der Waals surface area contributed by atoms with Gasteiger partial charge in [-0.15, -0.1) is 0 Å². The molecule has 0 atom stereocenters. The van der Waals surface area contributed by atoms with E-state index in [2.05, 4.69) is 16.0 Å². The van der Waals surface area contributed by atoms with E-state index in [4.69, 9.17) is 17.0 Å². The summed E-state index contributed by atoms with van der Waals surface area (Å²) in [6, 6.07) is 6.98. The minimum atomic E-state index is -0.225. The number of rotatable bonds is 6. The fourth-order valence-corrected chi connectivity index (χ4v) is 2.08. The first-order valence-corrected chi connectivity index (χ1v) is 7.50. The molecule has 1 fully saturated rings. The molecule has 3 N–H and O–H groups in total. The molecule has 0 heterocycles. The summed E-state index contributed by atoms with van der Waals surface area (Å²) in [6.07, 6.45) is 1.82. The molecule has 1 aliphatic rings. The maximum absolute atomic E-state index is 12.1. The summed E-state index contributed by atoms with van der Waals surface area (Å²) in [5.41, 5.74) is 1.01. The van der Waals surface area contributed by atoms with Gasteiger partial charge in [0.25, 0.3) is 5.91 Å². The van der Waals surface area contributed by atoms with Gasteiger partial charge in [-0.25, -0.2) is 0 Å². The lowest BCUT2D eigenvalue weighted by molar-refractivity contribution is -0.120. The molecule has 6 nitrogen and oxygen atoms in total.